The van der Waals surface area contributed by atoms with Gasteiger partial charge < -0.3 is 9.64 Å². The van der Waals surface area contributed by atoms with Gasteiger partial charge in [-0.2, -0.15) is 0 Å². The molecule has 2 aliphatic rings. The van der Waals surface area contributed by atoms with Crippen LogP contribution < -0.4 is 5.32 Å². The highest BCUT2D eigenvalue weighted by Gasteiger charge is 2.38. The summed E-state index contributed by atoms with van der Waals surface area (Å²) in [5.74, 6) is 1.50. The van der Waals surface area contributed by atoms with Crippen LogP contribution in [-0.4, -0.2) is 42.8 Å². The molecule has 1 aliphatic carbocycles. The number of nitrogens with zero attached hydrogens (tertiary/aromatic N) is 1. The van der Waals surface area contributed by atoms with E-state index in [1.165, 1.54) is 12.8 Å². The Morgan fingerprint density at radius 2 is 2.21 bits per heavy atom. The van der Waals surface area contributed by atoms with Crippen LogP contribution in [0.15, 0.2) is 0 Å². The van der Waals surface area contributed by atoms with Crippen molar-refractivity contribution in [3.8, 4) is 0 Å². The zero-order chi connectivity index (χ0) is 13.8. The lowest BCUT2D eigenvalue weighted by Gasteiger charge is -2.20. The molecule has 1 aliphatic heterocycles. The molecule has 1 saturated carbocycles. The minimum absolute atomic E-state index is 0.00684. The first-order valence-corrected chi connectivity index (χ1v) is 7.77. The van der Waals surface area contributed by atoms with Gasteiger partial charge in [-0.3, -0.25) is 10.1 Å². The number of carbonyl (C=O) groups excluding carboxylic acids is 1. The number of hydrogen-bond donors (Lipinski definition) is 1. The van der Waals surface area contributed by atoms with Crippen LogP contribution in [0.2, 0.25) is 0 Å². The van der Waals surface area contributed by atoms with Gasteiger partial charge in [-0.15, -0.1) is 0 Å². The van der Waals surface area contributed by atoms with E-state index in [9.17, 15) is 4.79 Å². The van der Waals surface area contributed by atoms with Crippen LogP contribution in [0.5, 0.6) is 0 Å². The Morgan fingerprint density at radius 1 is 1.47 bits per heavy atom. The molecule has 1 saturated heterocycles. The Labute approximate surface area is 116 Å². The zero-order valence-corrected chi connectivity index (χ0v) is 12.5. The molecule has 2 rings (SSSR count). The van der Waals surface area contributed by atoms with E-state index in [2.05, 4.69) is 26.1 Å². The van der Waals surface area contributed by atoms with E-state index < -0.39 is 0 Å². The van der Waals surface area contributed by atoms with Gasteiger partial charge in [0, 0.05) is 19.8 Å². The summed E-state index contributed by atoms with van der Waals surface area (Å²) in [6.07, 6.45) is 4.81. The summed E-state index contributed by atoms with van der Waals surface area (Å²) in [5.41, 5.74) is 0. The fourth-order valence-corrected chi connectivity index (χ4v) is 2.61. The van der Waals surface area contributed by atoms with Crippen LogP contribution in [-0.2, 0) is 9.53 Å². The summed E-state index contributed by atoms with van der Waals surface area (Å²) in [7, 11) is 0. The lowest BCUT2D eigenvalue weighted by Crippen LogP contribution is -2.36. The molecule has 19 heavy (non-hydrogen) atoms. The van der Waals surface area contributed by atoms with E-state index in [4.69, 9.17) is 4.74 Å². The molecule has 110 valence electrons. The fraction of sp³-hybridized carbons (Fsp3) is 0.933. The normalized spacial score (nSPS) is 29.0. The van der Waals surface area contributed by atoms with Crippen molar-refractivity contribution in [2.45, 2.75) is 58.7 Å². The molecule has 4 heteroatoms. The third-order valence-electron chi connectivity index (χ3n) is 4.39. The third kappa shape index (κ3) is 3.93. The predicted molar refractivity (Wildman–Crippen MR) is 75.7 cm³/mol. The zero-order valence-electron chi connectivity index (χ0n) is 12.5. The summed E-state index contributed by atoms with van der Waals surface area (Å²) in [5, 5.41) is 3.41. The van der Waals surface area contributed by atoms with Gasteiger partial charge in [0.05, 0.1) is 12.2 Å². The van der Waals surface area contributed by atoms with Crippen molar-refractivity contribution in [2.24, 2.45) is 11.8 Å². The second-order valence-corrected chi connectivity index (χ2v) is 6.11. The van der Waals surface area contributed by atoms with Gasteiger partial charge in [0.25, 0.3) is 0 Å². The van der Waals surface area contributed by atoms with Crippen LogP contribution in [0.3, 0.4) is 0 Å². The molecule has 3 unspecified atom stereocenters. The number of carbonyl (C=O) groups is 1. The molecule has 4 nitrogen and oxygen atoms in total. The average molecular weight is 268 g/mol. The van der Waals surface area contributed by atoms with E-state index in [1.807, 2.05) is 4.90 Å². The maximum absolute atomic E-state index is 12.3. The van der Waals surface area contributed by atoms with Crippen LogP contribution in [0.1, 0.15) is 46.5 Å². The van der Waals surface area contributed by atoms with Crippen LogP contribution in [0.4, 0.5) is 0 Å². The van der Waals surface area contributed by atoms with Gasteiger partial charge in [-0.25, -0.2) is 0 Å². The molecule has 1 heterocycles. The Balaban J connectivity index is 1.68. The predicted octanol–water partition coefficient (Wildman–Crippen LogP) is 2.00. The summed E-state index contributed by atoms with van der Waals surface area (Å²) in [6.45, 7) is 8.86. The van der Waals surface area contributed by atoms with Gasteiger partial charge >= 0.3 is 0 Å². The summed E-state index contributed by atoms with van der Waals surface area (Å²) >= 11 is 0. The highest BCUT2D eigenvalue weighted by Crippen LogP contribution is 2.28. The molecule has 0 spiro atoms. The molecule has 3 atom stereocenters. The molecule has 0 aromatic carbocycles. The van der Waals surface area contributed by atoms with Crippen molar-refractivity contribution in [3.05, 3.63) is 0 Å². The van der Waals surface area contributed by atoms with Gasteiger partial charge in [0.2, 0.25) is 5.91 Å². The number of nitrogens with one attached hydrogen (secondary N) is 1. The number of amides is 1. The molecule has 0 aromatic heterocycles. The van der Waals surface area contributed by atoms with Crippen molar-refractivity contribution >= 4 is 5.91 Å². The highest BCUT2D eigenvalue weighted by atomic mass is 16.5. The second-order valence-electron chi connectivity index (χ2n) is 6.11. The third-order valence-corrected chi connectivity index (χ3v) is 4.39. The largest absolute Gasteiger partial charge is 0.381 e. The van der Waals surface area contributed by atoms with Crippen molar-refractivity contribution in [1.29, 1.82) is 0 Å². The summed E-state index contributed by atoms with van der Waals surface area (Å²) < 4.78 is 5.62. The van der Waals surface area contributed by atoms with Crippen molar-refractivity contribution in [2.75, 3.05) is 19.8 Å². The minimum atomic E-state index is 0.00684. The molecule has 0 radical (unpaired) electrons. The summed E-state index contributed by atoms with van der Waals surface area (Å²) in [6, 6.07) is 0.00684. The standard InChI is InChI=1S/C15H28N2O2/c1-4-11(2)14-15(18)17(12(3)16-14)8-5-9-19-10-13-6-7-13/h11-14,16H,4-10H2,1-3H3. The lowest BCUT2D eigenvalue weighted by atomic mass is 9.99. The Bertz CT molecular complexity index is 305. The van der Waals surface area contributed by atoms with E-state index in [0.717, 1.165) is 38.5 Å². The van der Waals surface area contributed by atoms with Crippen molar-refractivity contribution < 1.29 is 9.53 Å². The van der Waals surface area contributed by atoms with E-state index in [0.29, 0.717) is 5.92 Å². The Morgan fingerprint density at radius 3 is 2.84 bits per heavy atom. The van der Waals surface area contributed by atoms with Crippen molar-refractivity contribution in [3.63, 3.8) is 0 Å². The topological polar surface area (TPSA) is 41.6 Å². The SMILES string of the molecule is CCC(C)C1NC(C)N(CCCOCC2CC2)C1=O. The first-order chi connectivity index (χ1) is 9.13. The second kappa shape index (κ2) is 6.71. The lowest BCUT2D eigenvalue weighted by molar-refractivity contribution is -0.130. The van der Waals surface area contributed by atoms with E-state index in [-0.39, 0.29) is 18.1 Å². The average Bonchev–Trinajstić information content (AvgIpc) is 3.17. The molecule has 0 bridgehead atoms. The molecular weight excluding hydrogens is 240 g/mol. The molecule has 2 fully saturated rings. The van der Waals surface area contributed by atoms with E-state index in [1.54, 1.807) is 0 Å². The van der Waals surface area contributed by atoms with Crippen LogP contribution in [0.25, 0.3) is 0 Å². The van der Waals surface area contributed by atoms with Gasteiger partial charge in [-0.1, -0.05) is 20.3 Å². The van der Waals surface area contributed by atoms with Crippen LogP contribution >= 0.6 is 0 Å². The van der Waals surface area contributed by atoms with Gasteiger partial charge in [-0.05, 0) is 38.0 Å². The van der Waals surface area contributed by atoms with Gasteiger partial charge in [0.15, 0.2) is 0 Å². The first-order valence-electron chi connectivity index (χ1n) is 7.77. The smallest absolute Gasteiger partial charge is 0.241 e. The minimum Gasteiger partial charge on any atom is -0.381 e. The Kier molecular flexibility index (Phi) is 5.22. The van der Waals surface area contributed by atoms with E-state index >= 15 is 0 Å². The fourth-order valence-electron chi connectivity index (χ4n) is 2.61. The summed E-state index contributed by atoms with van der Waals surface area (Å²) in [4.78, 5) is 14.3. The van der Waals surface area contributed by atoms with Crippen LogP contribution in [0, 0.1) is 11.8 Å². The number of rotatable bonds is 8. The maximum Gasteiger partial charge on any atom is 0.241 e. The monoisotopic (exact) mass is 268 g/mol. The van der Waals surface area contributed by atoms with Crippen molar-refractivity contribution in [1.82, 2.24) is 10.2 Å². The first kappa shape index (κ1) is 14.8. The maximum atomic E-state index is 12.3. The highest BCUT2D eigenvalue weighted by molar-refractivity contribution is 5.84. The quantitative estimate of drug-likeness (QED) is 0.685. The Hall–Kier alpha value is -0.610. The van der Waals surface area contributed by atoms with Gasteiger partial charge in [0.1, 0.15) is 0 Å². The number of hydrogen-bond acceptors (Lipinski definition) is 3. The number of ether oxygens (including phenoxy) is 1. The molecule has 0 aromatic rings. The molecule has 1 N–H and O–H groups in total. The molecule has 1 amide bonds. The molecular formula is C15H28N2O2.